The number of nitrogens with one attached hydrogen (secondary N) is 1. The number of carbonyl (C=O) groups excluding carboxylic acids is 2. The highest BCUT2D eigenvalue weighted by molar-refractivity contribution is 7.99. The van der Waals surface area contributed by atoms with Crippen LogP contribution in [0.3, 0.4) is 0 Å². The molecule has 9 nitrogen and oxygen atoms in total. The van der Waals surface area contributed by atoms with Crippen molar-refractivity contribution in [3.63, 3.8) is 0 Å². The van der Waals surface area contributed by atoms with E-state index in [1.807, 2.05) is 76.2 Å². The highest BCUT2D eigenvalue weighted by Crippen LogP contribution is 2.31. The number of thioether (sulfide) groups is 1. The van der Waals surface area contributed by atoms with E-state index in [1.54, 1.807) is 14.2 Å². The molecule has 0 fully saturated rings. The Hall–Kier alpha value is -4.31. The van der Waals surface area contributed by atoms with Crippen molar-refractivity contribution in [2.75, 3.05) is 31.4 Å². The molecule has 0 bridgehead atoms. The molecule has 39 heavy (non-hydrogen) atoms. The van der Waals surface area contributed by atoms with Crippen molar-refractivity contribution in [2.45, 2.75) is 24.5 Å². The number of nitrogens with zero attached hydrogens (tertiary/aromatic N) is 4. The van der Waals surface area contributed by atoms with Gasteiger partial charge in [-0.25, -0.2) is 0 Å². The molecule has 2 amide bonds. The van der Waals surface area contributed by atoms with Gasteiger partial charge in [-0.2, -0.15) is 0 Å². The molecule has 1 aliphatic heterocycles. The van der Waals surface area contributed by atoms with E-state index in [4.69, 9.17) is 9.47 Å². The first-order valence-electron chi connectivity index (χ1n) is 12.6. The van der Waals surface area contributed by atoms with Crippen molar-refractivity contribution in [3.8, 4) is 17.2 Å². The number of rotatable bonds is 10. The number of ether oxygens (including phenoxy) is 2. The van der Waals surface area contributed by atoms with Crippen LogP contribution < -0.4 is 19.7 Å². The molecule has 1 aromatic heterocycles. The molecule has 0 radical (unpaired) electrons. The standard InChI is InChI=1S/C29H29N5O4S/c1-37-22-13-11-20(12-14-22)17-27(35)30-18-26-31-32-29(34(26)24-9-5-6-10-25(24)38-2)39-19-28(36)33-16-15-21-7-3-4-8-23(21)33/h3-14H,15-19H2,1-2H3,(H,30,35). The van der Waals surface area contributed by atoms with Crippen LogP contribution in [0.2, 0.25) is 0 Å². The lowest BCUT2D eigenvalue weighted by molar-refractivity contribution is -0.120. The lowest BCUT2D eigenvalue weighted by Crippen LogP contribution is -2.30. The van der Waals surface area contributed by atoms with E-state index in [2.05, 4.69) is 21.6 Å². The maximum absolute atomic E-state index is 13.1. The summed E-state index contributed by atoms with van der Waals surface area (Å²) in [7, 11) is 3.20. The number of methoxy groups -OCH3 is 2. The molecule has 1 N–H and O–H groups in total. The third-order valence-corrected chi connectivity index (χ3v) is 7.42. The second kappa shape index (κ2) is 12.0. The van der Waals surface area contributed by atoms with Crippen molar-refractivity contribution in [2.24, 2.45) is 0 Å². The van der Waals surface area contributed by atoms with E-state index in [-0.39, 0.29) is 30.5 Å². The van der Waals surface area contributed by atoms with Gasteiger partial charge in [0.15, 0.2) is 11.0 Å². The predicted octanol–water partition coefficient (Wildman–Crippen LogP) is 3.82. The fourth-order valence-electron chi connectivity index (χ4n) is 4.54. The predicted molar refractivity (Wildman–Crippen MR) is 150 cm³/mol. The van der Waals surface area contributed by atoms with Gasteiger partial charge in [0.2, 0.25) is 11.8 Å². The molecule has 3 aromatic carbocycles. The van der Waals surface area contributed by atoms with Gasteiger partial charge in [0.1, 0.15) is 11.5 Å². The normalized spacial score (nSPS) is 12.2. The number of hydrogen-bond acceptors (Lipinski definition) is 7. The molecular formula is C29H29N5O4S. The van der Waals surface area contributed by atoms with Crippen LogP contribution in [0, 0.1) is 0 Å². The van der Waals surface area contributed by atoms with Gasteiger partial charge < -0.3 is 19.7 Å². The topological polar surface area (TPSA) is 98.6 Å². The van der Waals surface area contributed by atoms with Gasteiger partial charge in [0.05, 0.1) is 38.6 Å². The molecule has 1 aliphatic rings. The van der Waals surface area contributed by atoms with E-state index in [9.17, 15) is 9.59 Å². The first-order valence-corrected chi connectivity index (χ1v) is 13.5. The van der Waals surface area contributed by atoms with Gasteiger partial charge in [0.25, 0.3) is 0 Å². The van der Waals surface area contributed by atoms with Gasteiger partial charge in [0, 0.05) is 12.2 Å². The van der Waals surface area contributed by atoms with Crippen LogP contribution in [-0.4, -0.2) is 53.1 Å². The first kappa shape index (κ1) is 26.3. The summed E-state index contributed by atoms with van der Waals surface area (Å²) in [5, 5.41) is 12.2. The quantitative estimate of drug-likeness (QED) is 0.304. The Morgan fingerprint density at radius 2 is 1.67 bits per heavy atom. The van der Waals surface area contributed by atoms with Crippen molar-refractivity contribution in [1.82, 2.24) is 20.1 Å². The second-order valence-corrected chi connectivity index (χ2v) is 9.86. The zero-order valence-electron chi connectivity index (χ0n) is 21.8. The molecule has 0 unspecified atom stereocenters. The highest BCUT2D eigenvalue weighted by atomic mass is 32.2. The van der Waals surface area contributed by atoms with Crippen LogP contribution in [0.25, 0.3) is 5.69 Å². The minimum atomic E-state index is -0.146. The third kappa shape index (κ3) is 5.91. The Bertz CT molecular complexity index is 1470. The van der Waals surface area contributed by atoms with Crippen LogP contribution in [0.4, 0.5) is 5.69 Å². The van der Waals surface area contributed by atoms with Crippen molar-refractivity contribution < 1.29 is 19.1 Å². The summed E-state index contributed by atoms with van der Waals surface area (Å²) < 4.78 is 12.6. The number of carbonyl (C=O) groups is 2. The van der Waals surface area contributed by atoms with Crippen LogP contribution in [0.15, 0.2) is 78.0 Å². The summed E-state index contributed by atoms with van der Waals surface area (Å²) in [6.45, 7) is 0.831. The largest absolute Gasteiger partial charge is 0.497 e. The maximum Gasteiger partial charge on any atom is 0.237 e. The minimum Gasteiger partial charge on any atom is -0.497 e. The SMILES string of the molecule is COc1ccc(CC(=O)NCc2nnc(SCC(=O)N3CCc4ccccc43)n2-c2ccccc2OC)cc1. The third-order valence-electron chi connectivity index (χ3n) is 6.51. The number of anilines is 1. The Kier molecular flexibility index (Phi) is 8.12. The number of aromatic nitrogens is 3. The average Bonchev–Trinajstić information content (AvgIpc) is 3.59. The van der Waals surface area contributed by atoms with Crippen molar-refractivity contribution >= 4 is 29.3 Å². The Morgan fingerprint density at radius 3 is 2.44 bits per heavy atom. The second-order valence-electron chi connectivity index (χ2n) is 8.92. The van der Waals surface area contributed by atoms with Crippen molar-refractivity contribution in [1.29, 1.82) is 0 Å². The lowest BCUT2D eigenvalue weighted by Gasteiger charge is -2.17. The molecular weight excluding hydrogens is 514 g/mol. The molecule has 5 rings (SSSR count). The molecule has 10 heteroatoms. The van der Waals surface area contributed by atoms with Crippen LogP contribution >= 0.6 is 11.8 Å². The maximum atomic E-state index is 13.1. The van der Waals surface area contributed by atoms with Crippen LogP contribution in [-0.2, 0) is 29.0 Å². The summed E-state index contributed by atoms with van der Waals surface area (Å²) in [5.41, 5.74) is 3.75. The van der Waals surface area contributed by atoms with Gasteiger partial charge >= 0.3 is 0 Å². The number of para-hydroxylation sites is 3. The van der Waals surface area contributed by atoms with E-state index in [0.717, 1.165) is 29.1 Å². The lowest BCUT2D eigenvalue weighted by atomic mass is 10.1. The molecule has 200 valence electrons. The molecule has 0 atom stereocenters. The number of hydrogen-bond donors (Lipinski definition) is 1. The zero-order chi connectivity index (χ0) is 27.2. The zero-order valence-corrected chi connectivity index (χ0v) is 22.6. The van der Waals surface area contributed by atoms with Gasteiger partial charge in [-0.05, 0) is 47.9 Å². The molecule has 0 saturated heterocycles. The molecule has 2 heterocycles. The Balaban J connectivity index is 1.32. The number of benzene rings is 3. The van der Waals surface area contributed by atoms with Gasteiger partial charge in [-0.1, -0.05) is 54.2 Å². The average molecular weight is 544 g/mol. The monoisotopic (exact) mass is 543 g/mol. The van der Waals surface area contributed by atoms with Crippen molar-refractivity contribution in [3.05, 3.63) is 89.7 Å². The van der Waals surface area contributed by atoms with E-state index >= 15 is 0 Å². The van der Waals surface area contributed by atoms with Gasteiger partial charge in [-0.3, -0.25) is 14.2 Å². The molecule has 0 aliphatic carbocycles. The van der Waals surface area contributed by atoms with Crippen LogP contribution in [0.1, 0.15) is 17.0 Å². The fourth-order valence-corrected chi connectivity index (χ4v) is 5.37. The van der Waals surface area contributed by atoms with E-state index in [1.165, 1.54) is 17.3 Å². The Morgan fingerprint density at radius 1 is 0.923 bits per heavy atom. The smallest absolute Gasteiger partial charge is 0.237 e. The molecule has 4 aromatic rings. The summed E-state index contributed by atoms with van der Waals surface area (Å²) in [6, 6.07) is 22.9. The number of amides is 2. The Labute approximate surface area is 231 Å². The summed E-state index contributed by atoms with van der Waals surface area (Å²) in [6.07, 6.45) is 1.07. The van der Waals surface area contributed by atoms with Gasteiger partial charge in [-0.15, -0.1) is 10.2 Å². The minimum absolute atomic E-state index is 0.00821. The highest BCUT2D eigenvalue weighted by Gasteiger charge is 2.25. The fraction of sp³-hybridized carbons (Fsp3) is 0.241. The first-order chi connectivity index (χ1) is 19.1. The molecule has 0 saturated carbocycles. The summed E-state index contributed by atoms with van der Waals surface area (Å²) in [4.78, 5) is 27.7. The van der Waals surface area contributed by atoms with E-state index < -0.39 is 0 Å². The van der Waals surface area contributed by atoms with E-state index in [0.29, 0.717) is 23.3 Å². The molecule has 0 spiro atoms. The summed E-state index contributed by atoms with van der Waals surface area (Å²) in [5.74, 6) is 1.96. The summed E-state index contributed by atoms with van der Waals surface area (Å²) >= 11 is 1.31. The number of fused-ring (bicyclic) bond motifs is 1. The van der Waals surface area contributed by atoms with Crippen LogP contribution in [0.5, 0.6) is 11.5 Å².